The molecule has 0 aromatic carbocycles. The highest BCUT2D eigenvalue weighted by Crippen LogP contribution is 2.68. The van der Waals surface area contributed by atoms with Gasteiger partial charge in [0.25, 0.3) is 0 Å². The van der Waals surface area contributed by atoms with Gasteiger partial charge in [0.05, 0.1) is 12.2 Å². The first kappa shape index (κ1) is 19.8. The second-order valence-corrected chi connectivity index (χ2v) is 11.3. The number of rotatable bonds is 4. The zero-order valence-corrected chi connectivity index (χ0v) is 17.9. The van der Waals surface area contributed by atoms with Gasteiger partial charge in [-0.15, -0.1) is 0 Å². The highest BCUT2D eigenvalue weighted by molar-refractivity contribution is 5.09. The van der Waals surface area contributed by atoms with Crippen LogP contribution in [0, 0.1) is 57.7 Å². The molecule has 9 atom stereocenters. The molecular weight excluding hydrogens is 330 g/mol. The average molecular weight is 372 g/mol. The van der Waals surface area contributed by atoms with Crippen LogP contribution in [0.4, 0.5) is 0 Å². The van der Waals surface area contributed by atoms with E-state index in [-0.39, 0.29) is 6.10 Å². The number of hydrogen-bond donors (Lipinski definition) is 1. The van der Waals surface area contributed by atoms with Crippen molar-refractivity contribution in [1.29, 1.82) is 5.26 Å². The van der Waals surface area contributed by atoms with E-state index in [0.717, 1.165) is 61.2 Å². The first-order chi connectivity index (χ1) is 12.9. The van der Waals surface area contributed by atoms with Crippen LogP contribution < -0.4 is 0 Å². The van der Waals surface area contributed by atoms with Gasteiger partial charge in [-0.1, -0.05) is 20.8 Å². The van der Waals surface area contributed by atoms with E-state index in [2.05, 4.69) is 26.8 Å². The third kappa shape index (κ3) is 3.17. The molecule has 0 heterocycles. The molecule has 0 unspecified atom stereocenters. The summed E-state index contributed by atoms with van der Waals surface area (Å²) in [4.78, 5) is 0. The van der Waals surface area contributed by atoms with Crippen molar-refractivity contribution in [2.24, 2.45) is 46.3 Å². The van der Waals surface area contributed by atoms with Crippen LogP contribution in [0.1, 0.15) is 97.8 Å². The summed E-state index contributed by atoms with van der Waals surface area (Å²) in [6, 6.07) is 2.33. The summed E-state index contributed by atoms with van der Waals surface area (Å²) in [5.74, 6) is 5.21. The van der Waals surface area contributed by atoms with Crippen molar-refractivity contribution in [1.82, 2.24) is 0 Å². The molecule has 0 amide bonds. The molecule has 2 heteroatoms. The molecule has 1 N–H and O–H groups in total. The van der Waals surface area contributed by atoms with E-state index in [4.69, 9.17) is 5.26 Å². The van der Waals surface area contributed by atoms with E-state index in [0.29, 0.717) is 10.8 Å². The van der Waals surface area contributed by atoms with Crippen molar-refractivity contribution in [2.45, 2.75) is 104 Å². The van der Waals surface area contributed by atoms with Crippen LogP contribution in [0.25, 0.3) is 0 Å². The summed E-state index contributed by atoms with van der Waals surface area (Å²) in [5, 5.41) is 19.1. The molecule has 4 fully saturated rings. The van der Waals surface area contributed by atoms with E-state index in [1.807, 2.05) is 0 Å². The van der Waals surface area contributed by atoms with Crippen molar-refractivity contribution in [3.05, 3.63) is 0 Å². The molecule has 0 aromatic heterocycles. The van der Waals surface area contributed by atoms with Gasteiger partial charge >= 0.3 is 0 Å². The first-order valence-electron chi connectivity index (χ1n) is 11.9. The van der Waals surface area contributed by atoms with Crippen molar-refractivity contribution in [3.8, 4) is 6.07 Å². The summed E-state index contributed by atoms with van der Waals surface area (Å²) in [7, 11) is 0. The molecule has 0 radical (unpaired) electrons. The molecule has 4 aliphatic carbocycles. The lowest BCUT2D eigenvalue weighted by atomic mass is 9.44. The molecular formula is C25H41NO. The standard InChI is InChI=1S/C25H41NO/c1-17(6-4-5-15-26)21-9-10-22-20-8-7-18-16-19(27)11-13-24(18,2)23(20)12-14-25(21,22)3/h17-23,27H,4-14,16H2,1-3H3/t17-,18-,19-,20+,21-,22+,23+,24+,25-/m1/s1. The smallest absolute Gasteiger partial charge is 0.0621 e. The fourth-order valence-electron chi connectivity index (χ4n) is 8.91. The Balaban J connectivity index is 1.50. The third-order valence-corrected chi connectivity index (χ3v) is 10.3. The molecule has 0 aromatic rings. The number of nitrogens with zero attached hydrogens (tertiary/aromatic N) is 1. The Bertz CT molecular complexity index is 581. The number of aliphatic hydroxyl groups is 1. The van der Waals surface area contributed by atoms with Crippen LogP contribution in [-0.2, 0) is 0 Å². The van der Waals surface area contributed by atoms with E-state index in [1.54, 1.807) is 0 Å². The molecule has 152 valence electrons. The Morgan fingerprint density at radius 1 is 1.00 bits per heavy atom. The largest absolute Gasteiger partial charge is 0.393 e. The summed E-state index contributed by atoms with van der Waals surface area (Å²) < 4.78 is 0. The molecule has 0 spiro atoms. The van der Waals surface area contributed by atoms with Crippen LogP contribution in [-0.4, -0.2) is 11.2 Å². The molecule has 4 rings (SSSR count). The third-order valence-electron chi connectivity index (χ3n) is 10.3. The highest BCUT2D eigenvalue weighted by atomic mass is 16.3. The van der Waals surface area contributed by atoms with Gasteiger partial charge in [0.2, 0.25) is 0 Å². The average Bonchev–Trinajstić information content (AvgIpc) is 3.00. The maximum absolute atomic E-state index is 10.2. The normalized spacial score (nSPS) is 50.2. The minimum absolute atomic E-state index is 0.0291. The summed E-state index contributed by atoms with van der Waals surface area (Å²) in [6.07, 6.45) is 14.9. The first-order valence-corrected chi connectivity index (χ1v) is 11.9. The Morgan fingerprint density at radius 2 is 1.74 bits per heavy atom. The van der Waals surface area contributed by atoms with E-state index < -0.39 is 0 Å². The summed E-state index contributed by atoms with van der Waals surface area (Å²) in [6.45, 7) is 7.72. The number of nitriles is 1. The Labute approximate surface area is 167 Å². The lowest BCUT2D eigenvalue weighted by Gasteiger charge is -2.61. The molecule has 4 saturated carbocycles. The van der Waals surface area contributed by atoms with E-state index in [9.17, 15) is 5.11 Å². The van der Waals surface area contributed by atoms with Gasteiger partial charge in [0.1, 0.15) is 0 Å². The minimum Gasteiger partial charge on any atom is -0.393 e. The number of unbranched alkanes of at least 4 members (excludes halogenated alkanes) is 1. The summed E-state index contributed by atoms with van der Waals surface area (Å²) >= 11 is 0. The van der Waals surface area contributed by atoms with E-state index in [1.165, 1.54) is 51.4 Å². The van der Waals surface area contributed by atoms with Gasteiger partial charge in [0.15, 0.2) is 0 Å². The van der Waals surface area contributed by atoms with Gasteiger partial charge in [-0.05, 0) is 117 Å². The van der Waals surface area contributed by atoms with Crippen molar-refractivity contribution >= 4 is 0 Å². The lowest BCUT2D eigenvalue weighted by Crippen LogP contribution is -2.54. The molecule has 27 heavy (non-hydrogen) atoms. The number of hydrogen-bond acceptors (Lipinski definition) is 2. The second kappa shape index (κ2) is 7.37. The van der Waals surface area contributed by atoms with Gasteiger partial charge < -0.3 is 5.11 Å². The minimum atomic E-state index is -0.0291. The van der Waals surface area contributed by atoms with Gasteiger partial charge in [-0.3, -0.25) is 0 Å². The van der Waals surface area contributed by atoms with Crippen molar-refractivity contribution in [2.75, 3.05) is 0 Å². The zero-order chi connectivity index (χ0) is 19.2. The second-order valence-electron chi connectivity index (χ2n) is 11.3. The molecule has 0 aliphatic heterocycles. The summed E-state index contributed by atoms with van der Waals surface area (Å²) in [5.41, 5.74) is 1.05. The van der Waals surface area contributed by atoms with Crippen molar-refractivity contribution < 1.29 is 5.11 Å². The predicted octanol–water partition coefficient (Wildman–Crippen LogP) is 6.34. The predicted molar refractivity (Wildman–Crippen MR) is 110 cm³/mol. The fourth-order valence-corrected chi connectivity index (χ4v) is 8.91. The Kier molecular flexibility index (Phi) is 5.39. The van der Waals surface area contributed by atoms with E-state index >= 15 is 0 Å². The quantitative estimate of drug-likeness (QED) is 0.586. The van der Waals surface area contributed by atoms with Crippen LogP contribution in [0.5, 0.6) is 0 Å². The Hall–Kier alpha value is -0.550. The maximum atomic E-state index is 10.2. The van der Waals surface area contributed by atoms with Crippen LogP contribution in [0.2, 0.25) is 0 Å². The maximum Gasteiger partial charge on any atom is 0.0621 e. The van der Waals surface area contributed by atoms with Gasteiger partial charge in [0, 0.05) is 6.42 Å². The Morgan fingerprint density at radius 3 is 2.52 bits per heavy atom. The topological polar surface area (TPSA) is 44.0 Å². The number of fused-ring (bicyclic) bond motifs is 5. The van der Waals surface area contributed by atoms with Crippen LogP contribution in [0.3, 0.4) is 0 Å². The van der Waals surface area contributed by atoms with Gasteiger partial charge in [-0.2, -0.15) is 5.26 Å². The van der Waals surface area contributed by atoms with Gasteiger partial charge in [-0.25, -0.2) is 0 Å². The lowest BCUT2D eigenvalue weighted by molar-refractivity contribution is -0.129. The highest BCUT2D eigenvalue weighted by Gasteiger charge is 2.60. The van der Waals surface area contributed by atoms with Crippen LogP contribution in [0.15, 0.2) is 0 Å². The zero-order valence-electron chi connectivity index (χ0n) is 17.9. The SMILES string of the molecule is C[C@H](CCCC#N)[C@H]1CC[C@H]2[C@@H]3CC[C@@H]4C[C@H](O)CC[C@]4(C)[C@H]3CC[C@]12C. The molecule has 0 saturated heterocycles. The molecule has 2 nitrogen and oxygen atoms in total. The molecule has 0 bridgehead atoms. The van der Waals surface area contributed by atoms with Crippen LogP contribution >= 0.6 is 0 Å². The number of aliphatic hydroxyl groups excluding tert-OH is 1. The fraction of sp³-hybridized carbons (Fsp3) is 0.960. The monoisotopic (exact) mass is 371 g/mol. The molecule has 4 aliphatic rings. The van der Waals surface area contributed by atoms with Crippen molar-refractivity contribution in [3.63, 3.8) is 0 Å².